The summed E-state index contributed by atoms with van der Waals surface area (Å²) in [7, 11) is 2.06. The molecular formula is C14H14FIN2. The van der Waals surface area contributed by atoms with Gasteiger partial charge in [0.2, 0.25) is 0 Å². The lowest BCUT2D eigenvalue weighted by Crippen LogP contribution is -2.23. The van der Waals surface area contributed by atoms with Crippen LogP contribution in [-0.4, -0.2) is 13.7 Å². The van der Waals surface area contributed by atoms with Gasteiger partial charge in [0.05, 0.1) is 18.0 Å². The van der Waals surface area contributed by atoms with Gasteiger partial charge in [0.1, 0.15) is 5.82 Å². The summed E-state index contributed by atoms with van der Waals surface area (Å²) >= 11 is 0. The second-order valence-corrected chi connectivity index (χ2v) is 4.23. The lowest BCUT2D eigenvalue weighted by atomic mass is 10.2. The van der Waals surface area contributed by atoms with E-state index in [4.69, 9.17) is 0 Å². The Hall–Kier alpha value is -1.30. The van der Waals surface area contributed by atoms with Crippen LogP contribution in [0.15, 0.2) is 48.5 Å². The fourth-order valence-corrected chi connectivity index (χ4v) is 2.22. The topological polar surface area (TPSA) is 6.48 Å². The van der Waals surface area contributed by atoms with Crippen molar-refractivity contribution < 1.29 is 4.39 Å². The zero-order valence-electron chi connectivity index (χ0n) is 10.0. The second kappa shape index (κ2) is 5.14. The van der Waals surface area contributed by atoms with Gasteiger partial charge in [-0.3, -0.25) is 0 Å². The first-order valence-electron chi connectivity index (χ1n) is 5.59. The Morgan fingerprint density at radius 2 is 1.56 bits per heavy atom. The molecule has 0 radical (unpaired) electrons. The van der Waals surface area contributed by atoms with Crippen molar-refractivity contribution in [2.24, 2.45) is 0 Å². The number of nitrogens with zero attached hydrogens (tertiary/aromatic N) is 2. The highest BCUT2D eigenvalue weighted by molar-refractivity contribution is 14.0. The van der Waals surface area contributed by atoms with Crippen molar-refractivity contribution in [1.29, 1.82) is 0 Å². The third-order valence-electron chi connectivity index (χ3n) is 3.08. The number of rotatable bonds is 1. The van der Waals surface area contributed by atoms with Crippen LogP contribution in [0.3, 0.4) is 0 Å². The number of para-hydroxylation sites is 2. The maximum atomic E-state index is 12.9. The lowest BCUT2D eigenvalue weighted by Gasteiger charge is -2.19. The molecule has 0 amide bonds. The first-order chi connectivity index (χ1) is 8.25. The van der Waals surface area contributed by atoms with E-state index in [2.05, 4.69) is 29.0 Å². The normalized spacial score (nSPS) is 13.2. The molecular weight excluding hydrogens is 342 g/mol. The minimum absolute atomic E-state index is 0. The van der Waals surface area contributed by atoms with Crippen molar-refractivity contribution in [3.63, 3.8) is 0 Å². The molecule has 1 aliphatic rings. The summed E-state index contributed by atoms with van der Waals surface area (Å²) in [6, 6.07) is 14.8. The maximum absolute atomic E-state index is 12.9. The Kier molecular flexibility index (Phi) is 3.75. The monoisotopic (exact) mass is 356 g/mol. The zero-order valence-corrected chi connectivity index (χ0v) is 12.3. The van der Waals surface area contributed by atoms with E-state index in [1.165, 1.54) is 23.5 Å². The Labute approximate surface area is 123 Å². The molecule has 0 saturated heterocycles. The highest BCUT2D eigenvalue weighted by Gasteiger charge is 2.23. The molecule has 0 spiro atoms. The lowest BCUT2D eigenvalue weighted by molar-refractivity contribution is 0.628. The molecule has 2 aromatic rings. The van der Waals surface area contributed by atoms with Gasteiger partial charge in [0.25, 0.3) is 0 Å². The molecule has 4 heteroatoms. The predicted octanol–water partition coefficient (Wildman–Crippen LogP) is 3.99. The van der Waals surface area contributed by atoms with E-state index in [0.29, 0.717) is 0 Å². The van der Waals surface area contributed by atoms with Crippen molar-refractivity contribution in [2.45, 2.75) is 0 Å². The number of halogens is 2. The zero-order chi connectivity index (χ0) is 11.8. The van der Waals surface area contributed by atoms with E-state index >= 15 is 0 Å². The van der Waals surface area contributed by atoms with Crippen LogP contribution in [-0.2, 0) is 0 Å². The molecule has 0 bridgehead atoms. The first-order valence-corrected chi connectivity index (χ1v) is 5.59. The van der Waals surface area contributed by atoms with E-state index in [1.807, 2.05) is 24.3 Å². The van der Waals surface area contributed by atoms with Crippen LogP contribution in [0.1, 0.15) is 0 Å². The number of fused-ring (bicyclic) bond motifs is 1. The highest BCUT2D eigenvalue weighted by Crippen LogP contribution is 2.39. The van der Waals surface area contributed by atoms with Crippen LogP contribution in [0.4, 0.5) is 21.5 Å². The van der Waals surface area contributed by atoms with Crippen LogP contribution in [0.25, 0.3) is 0 Å². The fraction of sp³-hybridized carbons (Fsp3) is 0.143. The average Bonchev–Trinajstić information content (AvgIpc) is 2.69. The van der Waals surface area contributed by atoms with Crippen LogP contribution in [0.5, 0.6) is 0 Å². The number of hydrogen-bond donors (Lipinski definition) is 0. The summed E-state index contributed by atoms with van der Waals surface area (Å²) in [4.78, 5) is 4.35. The number of anilines is 3. The number of benzene rings is 2. The molecule has 1 heterocycles. The van der Waals surface area contributed by atoms with E-state index in [9.17, 15) is 4.39 Å². The van der Waals surface area contributed by atoms with Crippen molar-refractivity contribution in [1.82, 2.24) is 0 Å². The number of hydrogen-bond acceptors (Lipinski definition) is 2. The third kappa shape index (κ3) is 2.16. The van der Waals surface area contributed by atoms with Gasteiger partial charge in [0, 0.05) is 12.7 Å². The molecule has 3 rings (SSSR count). The van der Waals surface area contributed by atoms with Crippen molar-refractivity contribution in [2.75, 3.05) is 23.5 Å². The van der Waals surface area contributed by atoms with Crippen LogP contribution < -0.4 is 9.80 Å². The summed E-state index contributed by atoms with van der Waals surface area (Å²) < 4.78 is 12.9. The molecule has 0 saturated carbocycles. The smallest absolute Gasteiger partial charge is 0.123 e. The molecule has 0 unspecified atom stereocenters. The summed E-state index contributed by atoms with van der Waals surface area (Å²) in [5.41, 5.74) is 3.39. The van der Waals surface area contributed by atoms with Gasteiger partial charge < -0.3 is 9.80 Å². The SMILES string of the molecule is CN1CN(c2ccc(F)cc2)c2ccccc21.I. The van der Waals surface area contributed by atoms with Gasteiger partial charge in [-0.15, -0.1) is 24.0 Å². The van der Waals surface area contributed by atoms with E-state index in [-0.39, 0.29) is 29.8 Å². The maximum Gasteiger partial charge on any atom is 0.123 e. The predicted molar refractivity (Wildman–Crippen MR) is 83.7 cm³/mol. The van der Waals surface area contributed by atoms with Gasteiger partial charge in [-0.05, 0) is 36.4 Å². The third-order valence-corrected chi connectivity index (χ3v) is 3.08. The quantitative estimate of drug-likeness (QED) is 0.713. The van der Waals surface area contributed by atoms with Crippen molar-refractivity contribution in [3.8, 4) is 0 Å². The summed E-state index contributed by atoms with van der Waals surface area (Å²) in [5, 5.41) is 0. The molecule has 2 aromatic carbocycles. The van der Waals surface area contributed by atoms with Gasteiger partial charge in [0.15, 0.2) is 0 Å². The summed E-state index contributed by atoms with van der Waals surface area (Å²) in [6.07, 6.45) is 0. The minimum Gasteiger partial charge on any atom is -0.355 e. The van der Waals surface area contributed by atoms with E-state index in [1.54, 1.807) is 0 Å². The molecule has 0 fully saturated rings. The second-order valence-electron chi connectivity index (χ2n) is 4.23. The molecule has 94 valence electrons. The fourth-order valence-electron chi connectivity index (χ4n) is 2.22. The van der Waals surface area contributed by atoms with E-state index in [0.717, 1.165) is 12.4 Å². The van der Waals surface area contributed by atoms with Gasteiger partial charge in [-0.2, -0.15) is 0 Å². The van der Waals surface area contributed by atoms with E-state index < -0.39 is 0 Å². The Morgan fingerprint density at radius 3 is 2.22 bits per heavy atom. The van der Waals surface area contributed by atoms with Gasteiger partial charge in [-0.1, -0.05) is 12.1 Å². The Balaban J connectivity index is 0.00000120. The average molecular weight is 356 g/mol. The van der Waals surface area contributed by atoms with Crippen LogP contribution >= 0.6 is 24.0 Å². The molecule has 0 atom stereocenters. The molecule has 0 aromatic heterocycles. The molecule has 1 aliphatic heterocycles. The molecule has 2 nitrogen and oxygen atoms in total. The summed E-state index contributed by atoms with van der Waals surface area (Å²) in [5.74, 6) is -0.199. The largest absolute Gasteiger partial charge is 0.355 e. The van der Waals surface area contributed by atoms with Crippen LogP contribution in [0, 0.1) is 5.82 Å². The van der Waals surface area contributed by atoms with Gasteiger partial charge >= 0.3 is 0 Å². The Bertz CT molecular complexity index is 542. The first kappa shape index (κ1) is 13.1. The molecule has 0 N–H and O–H groups in total. The van der Waals surface area contributed by atoms with Crippen molar-refractivity contribution >= 4 is 41.0 Å². The standard InChI is InChI=1S/C14H13FN2.HI/c1-16-10-17(12-8-6-11(15)7-9-12)14-5-3-2-4-13(14)16;/h2-9H,10H2,1H3;1H. The van der Waals surface area contributed by atoms with Crippen LogP contribution in [0.2, 0.25) is 0 Å². The van der Waals surface area contributed by atoms with Crippen molar-refractivity contribution in [3.05, 3.63) is 54.3 Å². The Morgan fingerprint density at radius 1 is 0.944 bits per heavy atom. The minimum atomic E-state index is -0.199. The van der Waals surface area contributed by atoms with Gasteiger partial charge in [-0.25, -0.2) is 4.39 Å². The highest BCUT2D eigenvalue weighted by atomic mass is 127. The molecule has 0 aliphatic carbocycles. The summed E-state index contributed by atoms with van der Waals surface area (Å²) in [6.45, 7) is 0.797. The molecule has 18 heavy (non-hydrogen) atoms.